The van der Waals surface area contributed by atoms with E-state index in [-0.39, 0.29) is 19.7 Å². The number of nitrogens with zero attached hydrogens (tertiary/aromatic N) is 1. The van der Waals surface area contributed by atoms with Crippen molar-refractivity contribution in [3.63, 3.8) is 0 Å². The Morgan fingerprint density at radius 2 is 2.00 bits per heavy atom. The molecule has 0 heterocycles. The Labute approximate surface area is 79.6 Å². The third kappa shape index (κ3) is 8.08. The van der Waals surface area contributed by atoms with Gasteiger partial charge in [0, 0.05) is 18.6 Å². The fourth-order valence-corrected chi connectivity index (χ4v) is 0.898. The Kier molecular flexibility index (Phi) is 6.11. The molecule has 0 bridgehead atoms. The summed E-state index contributed by atoms with van der Waals surface area (Å²) in [5, 5.41) is 8.47. The van der Waals surface area contributed by atoms with Crippen LogP contribution in [-0.4, -0.2) is 42.4 Å². The van der Waals surface area contributed by atoms with Gasteiger partial charge in [-0.3, -0.25) is 4.90 Å². The zero-order valence-corrected chi connectivity index (χ0v) is 7.65. The van der Waals surface area contributed by atoms with Gasteiger partial charge in [-0.05, 0) is 0 Å². The average molecular weight is 218 g/mol. The van der Waals surface area contributed by atoms with E-state index in [9.17, 15) is 13.2 Å². The fraction of sp³-hybridized carbons (Fsp3) is 0.714. The summed E-state index contributed by atoms with van der Waals surface area (Å²) in [7, 11) is 0. The highest BCUT2D eigenvalue weighted by molar-refractivity contribution is 6.25. The maximum atomic E-state index is 11.9. The molecule has 0 spiro atoms. The van der Waals surface area contributed by atoms with Crippen LogP contribution in [0.25, 0.3) is 0 Å². The van der Waals surface area contributed by atoms with Gasteiger partial charge in [0.1, 0.15) is 0 Å². The smallest absolute Gasteiger partial charge is 0.395 e. The molecule has 0 aromatic heterocycles. The number of aliphatic hydroxyl groups is 1. The molecule has 0 amide bonds. The second-order valence-electron chi connectivity index (χ2n) is 2.44. The molecule has 6 heteroatoms. The van der Waals surface area contributed by atoms with Crippen LogP contribution in [0.3, 0.4) is 0 Å². The lowest BCUT2D eigenvalue weighted by atomic mass is 10.4. The maximum Gasteiger partial charge on any atom is 0.401 e. The molecule has 0 aliphatic carbocycles. The number of hydrogen-bond donors (Lipinski definition) is 1. The highest BCUT2D eigenvalue weighted by Crippen LogP contribution is 2.16. The van der Waals surface area contributed by atoms with Crippen LogP contribution in [0, 0.1) is 0 Å². The standard InChI is InChI=1S/C7H11ClF3NO/c8-2-1-3-12(4-5-13)6-7(9,10)11/h1-2,13H,3-6H2/b2-1+. The van der Waals surface area contributed by atoms with E-state index in [1.54, 1.807) is 0 Å². The molecule has 2 nitrogen and oxygen atoms in total. The Morgan fingerprint density at radius 1 is 1.38 bits per heavy atom. The minimum atomic E-state index is -4.24. The van der Waals surface area contributed by atoms with E-state index >= 15 is 0 Å². The summed E-state index contributed by atoms with van der Waals surface area (Å²) >= 11 is 5.17. The van der Waals surface area contributed by atoms with Gasteiger partial charge in [0.15, 0.2) is 0 Å². The van der Waals surface area contributed by atoms with Gasteiger partial charge in [-0.15, -0.1) is 0 Å². The summed E-state index contributed by atoms with van der Waals surface area (Å²) < 4.78 is 35.6. The second kappa shape index (κ2) is 6.23. The quantitative estimate of drug-likeness (QED) is 0.756. The molecule has 0 aliphatic heterocycles. The lowest BCUT2D eigenvalue weighted by Gasteiger charge is -2.20. The topological polar surface area (TPSA) is 23.5 Å². The Morgan fingerprint density at radius 3 is 2.38 bits per heavy atom. The van der Waals surface area contributed by atoms with Crippen molar-refractivity contribution in [2.75, 3.05) is 26.2 Å². The second-order valence-corrected chi connectivity index (χ2v) is 2.69. The van der Waals surface area contributed by atoms with E-state index in [1.165, 1.54) is 6.08 Å². The first-order valence-electron chi connectivity index (χ1n) is 3.65. The van der Waals surface area contributed by atoms with E-state index in [2.05, 4.69) is 0 Å². The minimum Gasteiger partial charge on any atom is -0.395 e. The zero-order chi connectivity index (χ0) is 10.3. The summed E-state index contributed by atoms with van der Waals surface area (Å²) in [4.78, 5) is 1.05. The third-order valence-corrected chi connectivity index (χ3v) is 1.45. The molecule has 1 N–H and O–H groups in total. The molecule has 0 saturated carbocycles. The lowest BCUT2D eigenvalue weighted by Crippen LogP contribution is -2.36. The van der Waals surface area contributed by atoms with Crippen molar-refractivity contribution in [3.05, 3.63) is 11.6 Å². The SMILES string of the molecule is OCCN(C/C=C/Cl)CC(F)(F)F. The predicted octanol–water partition coefficient (Wildman–Crippen LogP) is 1.60. The van der Waals surface area contributed by atoms with E-state index < -0.39 is 12.7 Å². The fourth-order valence-electron chi connectivity index (χ4n) is 0.819. The van der Waals surface area contributed by atoms with Gasteiger partial charge >= 0.3 is 6.18 Å². The molecular formula is C7H11ClF3NO. The van der Waals surface area contributed by atoms with Crippen LogP contribution in [0.4, 0.5) is 13.2 Å². The summed E-state index contributed by atoms with van der Waals surface area (Å²) in [6, 6.07) is 0. The highest BCUT2D eigenvalue weighted by atomic mass is 35.5. The molecule has 78 valence electrons. The normalized spacial score (nSPS) is 13.1. The van der Waals surface area contributed by atoms with Crippen molar-refractivity contribution in [3.8, 4) is 0 Å². The summed E-state index contributed by atoms with van der Waals surface area (Å²) in [5.41, 5.74) is 1.15. The molecule has 13 heavy (non-hydrogen) atoms. The van der Waals surface area contributed by atoms with E-state index in [4.69, 9.17) is 16.7 Å². The molecule has 0 radical (unpaired) electrons. The molecule has 0 saturated heterocycles. The largest absolute Gasteiger partial charge is 0.401 e. The van der Waals surface area contributed by atoms with Crippen LogP contribution in [0.15, 0.2) is 11.6 Å². The van der Waals surface area contributed by atoms with Crippen molar-refractivity contribution in [1.82, 2.24) is 4.90 Å². The highest BCUT2D eigenvalue weighted by Gasteiger charge is 2.29. The van der Waals surface area contributed by atoms with Crippen LogP contribution < -0.4 is 0 Å². The van der Waals surface area contributed by atoms with Crippen molar-refractivity contribution in [2.45, 2.75) is 6.18 Å². The molecule has 0 aromatic carbocycles. The Hall–Kier alpha value is -0.260. The van der Waals surface area contributed by atoms with Crippen LogP contribution >= 0.6 is 11.6 Å². The Bertz CT molecular complexity index is 160. The van der Waals surface area contributed by atoms with Crippen LogP contribution in [0.1, 0.15) is 0 Å². The number of rotatable bonds is 5. The van der Waals surface area contributed by atoms with Gasteiger partial charge in [0.2, 0.25) is 0 Å². The van der Waals surface area contributed by atoms with Gasteiger partial charge in [0.05, 0.1) is 13.2 Å². The number of aliphatic hydroxyl groups excluding tert-OH is 1. The monoisotopic (exact) mass is 217 g/mol. The maximum absolute atomic E-state index is 11.9. The van der Waals surface area contributed by atoms with Crippen LogP contribution in [0.5, 0.6) is 0 Å². The molecule has 0 atom stereocenters. The average Bonchev–Trinajstić information content (AvgIpc) is 1.98. The van der Waals surface area contributed by atoms with Crippen molar-refractivity contribution in [1.29, 1.82) is 0 Å². The summed E-state index contributed by atoms with van der Waals surface area (Å²) in [6.45, 7) is -1.26. The van der Waals surface area contributed by atoms with Crippen LogP contribution in [0.2, 0.25) is 0 Å². The minimum absolute atomic E-state index is 0.0132. The lowest BCUT2D eigenvalue weighted by molar-refractivity contribution is -0.145. The van der Waals surface area contributed by atoms with Gasteiger partial charge in [-0.1, -0.05) is 17.7 Å². The van der Waals surface area contributed by atoms with Crippen molar-refractivity contribution < 1.29 is 18.3 Å². The van der Waals surface area contributed by atoms with E-state index in [1.807, 2.05) is 0 Å². The molecule has 0 aliphatic rings. The van der Waals surface area contributed by atoms with Crippen LogP contribution in [-0.2, 0) is 0 Å². The number of alkyl halides is 3. The van der Waals surface area contributed by atoms with Gasteiger partial charge < -0.3 is 5.11 Å². The van der Waals surface area contributed by atoms with Gasteiger partial charge in [0.25, 0.3) is 0 Å². The first-order chi connectivity index (χ1) is 5.99. The van der Waals surface area contributed by atoms with E-state index in [0.29, 0.717) is 0 Å². The zero-order valence-electron chi connectivity index (χ0n) is 6.89. The molecule has 0 fully saturated rings. The Balaban J connectivity index is 3.93. The molecular weight excluding hydrogens is 207 g/mol. The third-order valence-electron chi connectivity index (χ3n) is 1.27. The van der Waals surface area contributed by atoms with E-state index in [0.717, 1.165) is 10.4 Å². The summed E-state index contributed by atoms with van der Waals surface area (Å²) in [6.07, 6.45) is -2.85. The molecule has 0 unspecified atom stereocenters. The molecule has 0 aromatic rings. The van der Waals surface area contributed by atoms with Crippen molar-refractivity contribution in [2.24, 2.45) is 0 Å². The van der Waals surface area contributed by atoms with Gasteiger partial charge in [-0.2, -0.15) is 13.2 Å². The number of halogens is 4. The predicted molar refractivity (Wildman–Crippen MR) is 44.6 cm³/mol. The first-order valence-corrected chi connectivity index (χ1v) is 4.08. The number of hydrogen-bond acceptors (Lipinski definition) is 2. The van der Waals surface area contributed by atoms with Crippen molar-refractivity contribution >= 4 is 11.6 Å². The summed E-state index contributed by atoms with van der Waals surface area (Å²) in [5.74, 6) is 0. The molecule has 0 rings (SSSR count). The van der Waals surface area contributed by atoms with Gasteiger partial charge in [-0.25, -0.2) is 0 Å². The first kappa shape index (κ1) is 12.7.